The van der Waals surface area contributed by atoms with Crippen molar-refractivity contribution in [2.45, 2.75) is 32.5 Å². The second kappa shape index (κ2) is 12.9. The Morgan fingerprint density at radius 2 is 1.88 bits per heavy atom. The fourth-order valence-corrected chi connectivity index (χ4v) is 4.24. The third-order valence-corrected chi connectivity index (χ3v) is 5.90. The van der Waals surface area contributed by atoms with Crippen LogP contribution >= 0.6 is 24.0 Å². The molecule has 0 saturated carbocycles. The molecule has 1 aliphatic rings. The molecule has 1 aromatic heterocycles. The highest BCUT2D eigenvalue weighted by atomic mass is 127. The summed E-state index contributed by atoms with van der Waals surface area (Å²) < 4.78 is 1.88. The van der Waals surface area contributed by atoms with Gasteiger partial charge in [-0.25, -0.2) is 4.68 Å². The van der Waals surface area contributed by atoms with Crippen LogP contribution in [0.1, 0.15) is 23.6 Å². The van der Waals surface area contributed by atoms with Crippen LogP contribution < -0.4 is 5.32 Å². The van der Waals surface area contributed by atoms with Crippen molar-refractivity contribution >= 4 is 29.9 Å². The van der Waals surface area contributed by atoms with Crippen molar-refractivity contribution < 1.29 is 5.11 Å². The fourth-order valence-electron chi connectivity index (χ4n) is 4.24. The lowest BCUT2D eigenvalue weighted by Gasteiger charge is -2.30. The number of nitrogens with zero attached hydrogens (tertiary/aromatic N) is 5. The number of aliphatic imine (C=N–C) groups is 1. The topological polar surface area (TPSA) is 68.9 Å². The van der Waals surface area contributed by atoms with E-state index in [1.807, 2.05) is 54.5 Å². The Kier molecular flexibility index (Phi) is 9.91. The molecule has 0 bridgehead atoms. The number of aromatic nitrogens is 2. The molecule has 8 heteroatoms. The van der Waals surface area contributed by atoms with Gasteiger partial charge in [-0.05, 0) is 36.6 Å². The monoisotopic (exact) mass is 574 g/mol. The fraction of sp³-hybridized carbons (Fsp3) is 0.385. The molecular weight excluding hydrogens is 539 g/mol. The van der Waals surface area contributed by atoms with Gasteiger partial charge in [0.15, 0.2) is 5.96 Å². The van der Waals surface area contributed by atoms with Crippen LogP contribution in [0.3, 0.4) is 0 Å². The van der Waals surface area contributed by atoms with E-state index in [-0.39, 0.29) is 24.0 Å². The minimum atomic E-state index is -0.502. The van der Waals surface area contributed by atoms with Crippen LogP contribution in [0.15, 0.2) is 72.0 Å². The molecule has 0 amide bonds. The van der Waals surface area contributed by atoms with Crippen LogP contribution in [0, 0.1) is 0 Å². The van der Waals surface area contributed by atoms with E-state index in [0.29, 0.717) is 19.6 Å². The van der Waals surface area contributed by atoms with Gasteiger partial charge in [0.25, 0.3) is 0 Å². The van der Waals surface area contributed by atoms with Gasteiger partial charge < -0.3 is 15.3 Å². The molecule has 3 aromatic rings. The van der Waals surface area contributed by atoms with E-state index in [1.54, 1.807) is 0 Å². The predicted octanol–water partition coefficient (Wildman–Crippen LogP) is 3.31. The first-order valence-corrected chi connectivity index (χ1v) is 11.7. The molecule has 0 saturated heterocycles. The first-order valence-electron chi connectivity index (χ1n) is 11.7. The predicted molar refractivity (Wildman–Crippen MR) is 148 cm³/mol. The molecule has 34 heavy (non-hydrogen) atoms. The number of hydrogen-bond donors (Lipinski definition) is 2. The molecule has 2 N–H and O–H groups in total. The van der Waals surface area contributed by atoms with E-state index in [9.17, 15) is 5.11 Å². The van der Waals surface area contributed by atoms with Gasteiger partial charge in [0, 0.05) is 51.5 Å². The quantitative estimate of drug-likeness (QED) is 0.246. The zero-order valence-electron chi connectivity index (χ0n) is 20.0. The molecule has 2 heterocycles. The van der Waals surface area contributed by atoms with Gasteiger partial charge in [0.1, 0.15) is 0 Å². The van der Waals surface area contributed by atoms with Gasteiger partial charge in [0.2, 0.25) is 0 Å². The maximum atomic E-state index is 10.7. The number of aliphatic hydroxyl groups is 1. The van der Waals surface area contributed by atoms with Crippen molar-refractivity contribution in [3.8, 4) is 5.69 Å². The average molecular weight is 575 g/mol. The van der Waals surface area contributed by atoms with Crippen molar-refractivity contribution in [1.82, 2.24) is 24.9 Å². The van der Waals surface area contributed by atoms with Gasteiger partial charge in [-0.3, -0.25) is 9.89 Å². The summed E-state index contributed by atoms with van der Waals surface area (Å²) in [6, 6.07) is 18.7. The van der Waals surface area contributed by atoms with Crippen LogP contribution in [0.2, 0.25) is 0 Å². The smallest absolute Gasteiger partial charge is 0.194 e. The molecule has 0 aliphatic carbocycles. The Hall–Kier alpha value is -2.43. The zero-order valence-corrected chi connectivity index (χ0v) is 22.3. The van der Waals surface area contributed by atoms with Crippen molar-refractivity contribution in [2.75, 3.05) is 33.2 Å². The van der Waals surface area contributed by atoms with Gasteiger partial charge >= 0.3 is 0 Å². The highest BCUT2D eigenvalue weighted by Gasteiger charge is 2.18. The number of hydrogen-bond acceptors (Lipinski definition) is 4. The molecule has 2 aromatic carbocycles. The van der Waals surface area contributed by atoms with Gasteiger partial charge in [-0.2, -0.15) is 5.10 Å². The second-order valence-electron chi connectivity index (χ2n) is 8.59. The van der Waals surface area contributed by atoms with Crippen LogP contribution in [-0.2, 0) is 19.5 Å². The summed E-state index contributed by atoms with van der Waals surface area (Å²) in [4.78, 5) is 9.10. The number of nitrogens with one attached hydrogen (secondary N) is 1. The third-order valence-electron chi connectivity index (χ3n) is 5.90. The SMILES string of the molecule is CCNC(=NCC(O)CN1CCc2ccccc2C1)N(C)Cc1cnn(-c2ccccc2)c1.I. The van der Waals surface area contributed by atoms with E-state index in [2.05, 4.69) is 51.4 Å². The molecule has 1 atom stereocenters. The Labute approximate surface area is 219 Å². The van der Waals surface area contributed by atoms with E-state index in [4.69, 9.17) is 4.99 Å². The number of β-amino-alcohol motifs (C(OH)–C–C–N with tert-alkyl or cyclic N) is 1. The lowest BCUT2D eigenvalue weighted by Crippen LogP contribution is -2.40. The normalized spacial score (nSPS) is 14.7. The van der Waals surface area contributed by atoms with Crippen LogP contribution in [-0.4, -0.2) is 70.0 Å². The van der Waals surface area contributed by atoms with Crippen LogP contribution in [0.4, 0.5) is 0 Å². The van der Waals surface area contributed by atoms with Crippen molar-refractivity contribution in [1.29, 1.82) is 0 Å². The molecule has 182 valence electrons. The molecule has 7 nitrogen and oxygen atoms in total. The lowest BCUT2D eigenvalue weighted by atomic mass is 10.00. The molecule has 0 fully saturated rings. The maximum absolute atomic E-state index is 10.7. The average Bonchev–Trinajstić information content (AvgIpc) is 3.30. The lowest BCUT2D eigenvalue weighted by molar-refractivity contribution is 0.111. The maximum Gasteiger partial charge on any atom is 0.194 e. The number of halogens is 1. The van der Waals surface area contributed by atoms with E-state index >= 15 is 0 Å². The van der Waals surface area contributed by atoms with Gasteiger partial charge in [0.05, 0.1) is 24.5 Å². The van der Waals surface area contributed by atoms with Crippen molar-refractivity contribution in [2.24, 2.45) is 4.99 Å². The number of para-hydroxylation sites is 1. The summed E-state index contributed by atoms with van der Waals surface area (Å²) >= 11 is 0. The number of rotatable bonds is 8. The minimum Gasteiger partial charge on any atom is -0.390 e. The Bertz CT molecular complexity index is 1050. The Morgan fingerprint density at radius 3 is 2.65 bits per heavy atom. The molecule has 1 unspecified atom stereocenters. The van der Waals surface area contributed by atoms with Crippen molar-refractivity contribution in [3.63, 3.8) is 0 Å². The number of benzene rings is 2. The van der Waals surface area contributed by atoms with E-state index < -0.39 is 6.10 Å². The van der Waals surface area contributed by atoms with Gasteiger partial charge in [-0.15, -0.1) is 24.0 Å². The minimum absolute atomic E-state index is 0. The molecule has 1 aliphatic heterocycles. The molecule has 0 radical (unpaired) electrons. The molecular formula is C26H35IN6O. The first kappa shape index (κ1) is 26.2. The summed E-state index contributed by atoms with van der Waals surface area (Å²) in [6.45, 7) is 6.37. The molecule has 4 rings (SSSR count). The Morgan fingerprint density at radius 1 is 1.15 bits per heavy atom. The number of guanidine groups is 1. The summed E-state index contributed by atoms with van der Waals surface area (Å²) in [5.74, 6) is 0.785. The van der Waals surface area contributed by atoms with Crippen LogP contribution in [0.25, 0.3) is 5.69 Å². The van der Waals surface area contributed by atoms with Crippen molar-refractivity contribution in [3.05, 3.63) is 83.7 Å². The number of aliphatic hydroxyl groups excluding tert-OH is 1. The highest BCUT2D eigenvalue weighted by Crippen LogP contribution is 2.18. The second-order valence-corrected chi connectivity index (χ2v) is 8.59. The molecule has 0 spiro atoms. The summed E-state index contributed by atoms with van der Waals surface area (Å²) in [7, 11) is 2.01. The first-order chi connectivity index (χ1) is 16.1. The largest absolute Gasteiger partial charge is 0.390 e. The van der Waals surface area contributed by atoms with Crippen LogP contribution in [0.5, 0.6) is 0 Å². The standard InChI is InChI=1S/C26H34N6O.HI/c1-3-27-26(30(2)17-21-15-29-32(18-21)24-11-5-4-6-12-24)28-16-25(33)20-31-14-13-22-9-7-8-10-23(22)19-31;/h4-12,15,18,25,33H,3,13-14,16-17,19-20H2,1-2H3,(H,27,28);1H. The summed E-state index contributed by atoms with van der Waals surface area (Å²) in [5, 5.41) is 18.5. The summed E-state index contributed by atoms with van der Waals surface area (Å²) in [6.07, 6.45) is 4.46. The van der Waals surface area contributed by atoms with E-state index in [0.717, 1.165) is 43.3 Å². The number of fused-ring (bicyclic) bond motifs is 1. The zero-order chi connectivity index (χ0) is 23.0. The Balaban J connectivity index is 0.00000324. The highest BCUT2D eigenvalue weighted by molar-refractivity contribution is 14.0. The van der Waals surface area contributed by atoms with E-state index in [1.165, 1.54) is 11.1 Å². The third kappa shape index (κ3) is 7.04. The summed E-state index contributed by atoms with van der Waals surface area (Å²) in [5.41, 5.74) is 4.92. The van der Waals surface area contributed by atoms with Gasteiger partial charge in [-0.1, -0.05) is 42.5 Å².